The van der Waals surface area contributed by atoms with Crippen LogP contribution in [0.15, 0.2) is 0 Å². The van der Waals surface area contributed by atoms with Crippen LogP contribution in [0.5, 0.6) is 0 Å². The van der Waals surface area contributed by atoms with Crippen LogP contribution in [-0.2, 0) is 18.8 Å². The van der Waals surface area contributed by atoms with Gasteiger partial charge < -0.3 is 14.5 Å². The lowest BCUT2D eigenvalue weighted by molar-refractivity contribution is -0.169. The van der Waals surface area contributed by atoms with Crippen LogP contribution < -0.4 is 5.32 Å². The number of hydrogen-bond donors (Lipinski definition) is 1. The maximum atomic E-state index is 11.4. The average Bonchev–Trinajstić information content (AvgIpc) is 2.14. The standard InChI is InChI=1S/C12H23NO4Si/c1-8(14)17-11-9(10(15)13-11)7-16-18(5,6)12(2,3)4/h9,11H,7H2,1-6H3,(H,13,15)/t9-,11+/m0/s1. The number of carbonyl (C=O) groups is 2. The number of ether oxygens (including phenoxy) is 1. The predicted molar refractivity (Wildman–Crippen MR) is 70.3 cm³/mol. The number of hydrogen-bond acceptors (Lipinski definition) is 4. The van der Waals surface area contributed by atoms with Gasteiger partial charge in [-0.15, -0.1) is 0 Å². The van der Waals surface area contributed by atoms with Crippen molar-refractivity contribution >= 4 is 20.2 Å². The Bertz CT molecular complexity index is 348. The van der Waals surface area contributed by atoms with Gasteiger partial charge in [0.1, 0.15) is 5.92 Å². The smallest absolute Gasteiger partial charge is 0.304 e. The molecule has 1 heterocycles. The Balaban J connectivity index is 2.52. The summed E-state index contributed by atoms with van der Waals surface area (Å²) in [6.45, 7) is 12.3. The van der Waals surface area contributed by atoms with Gasteiger partial charge in [0.2, 0.25) is 5.91 Å². The molecule has 0 aromatic heterocycles. The van der Waals surface area contributed by atoms with Crippen molar-refractivity contribution in [2.75, 3.05) is 6.61 Å². The summed E-state index contributed by atoms with van der Waals surface area (Å²) in [4.78, 5) is 22.3. The van der Waals surface area contributed by atoms with E-state index in [-0.39, 0.29) is 16.9 Å². The molecule has 1 amide bonds. The monoisotopic (exact) mass is 273 g/mol. The molecule has 1 fully saturated rings. The largest absolute Gasteiger partial charge is 0.441 e. The summed E-state index contributed by atoms with van der Waals surface area (Å²) in [6.07, 6.45) is -0.528. The number of rotatable bonds is 4. The maximum Gasteiger partial charge on any atom is 0.304 e. The average molecular weight is 273 g/mol. The Hall–Kier alpha value is -0.883. The first kappa shape index (κ1) is 15.2. The SMILES string of the molecule is CC(=O)O[C@H]1NC(=O)[C@@H]1CO[Si](C)(C)C(C)(C)C. The molecule has 1 N–H and O–H groups in total. The van der Waals surface area contributed by atoms with Crippen molar-refractivity contribution in [2.45, 2.75) is 52.1 Å². The number of amides is 1. The second-order valence-corrected chi connectivity index (χ2v) is 11.0. The van der Waals surface area contributed by atoms with E-state index in [0.717, 1.165) is 0 Å². The minimum atomic E-state index is -1.87. The highest BCUT2D eigenvalue weighted by Gasteiger charge is 2.45. The number of nitrogens with one attached hydrogen (secondary N) is 1. The molecular formula is C12H23NO4Si. The van der Waals surface area contributed by atoms with E-state index in [1.54, 1.807) is 0 Å². The van der Waals surface area contributed by atoms with Gasteiger partial charge >= 0.3 is 5.97 Å². The highest BCUT2D eigenvalue weighted by molar-refractivity contribution is 6.74. The molecule has 0 radical (unpaired) electrons. The van der Waals surface area contributed by atoms with Crippen molar-refractivity contribution < 1.29 is 18.8 Å². The number of carbonyl (C=O) groups excluding carboxylic acids is 2. The first-order valence-corrected chi connectivity index (χ1v) is 9.07. The molecule has 104 valence electrons. The molecule has 1 saturated heterocycles. The fourth-order valence-electron chi connectivity index (χ4n) is 1.36. The molecule has 0 spiro atoms. The predicted octanol–water partition coefficient (Wildman–Crippen LogP) is 1.64. The van der Waals surface area contributed by atoms with Crippen LogP contribution in [0.25, 0.3) is 0 Å². The Kier molecular flexibility index (Phi) is 4.22. The van der Waals surface area contributed by atoms with Crippen molar-refractivity contribution in [3.05, 3.63) is 0 Å². The zero-order valence-electron chi connectivity index (χ0n) is 12.0. The van der Waals surface area contributed by atoms with Gasteiger partial charge in [-0.25, -0.2) is 0 Å². The lowest BCUT2D eigenvalue weighted by atomic mass is 10.0. The van der Waals surface area contributed by atoms with Crippen LogP contribution in [0.2, 0.25) is 18.1 Å². The van der Waals surface area contributed by atoms with E-state index in [4.69, 9.17) is 9.16 Å². The molecule has 0 unspecified atom stereocenters. The van der Waals surface area contributed by atoms with Crippen molar-refractivity contribution in [1.29, 1.82) is 0 Å². The normalized spacial score (nSPS) is 24.2. The van der Waals surface area contributed by atoms with Crippen molar-refractivity contribution in [1.82, 2.24) is 5.32 Å². The maximum absolute atomic E-state index is 11.4. The van der Waals surface area contributed by atoms with Crippen LogP contribution in [0.3, 0.4) is 0 Å². The van der Waals surface area contributed by atoms with Gasteiger partial charge in [-0.3, -0.25) is 9.59 Å². The van der Waals surface area contributed by atoms with Gasteiger partial charge in [-0.2, -0.15) is 0 Å². The van der Waals surface area contributed by atoms with Gasteiger partial charge in [-0.05, 0) is 18.1 Å². The molecule has 0 aromatic carbocycles. The molecule has 6 heteroatoms. The van der Waals surface area contributed by atoms with Crippen LogP contribution >= 0.6 is 0 Å². The Labute approximate surface area is 109 Å². The van der Waals surface area contributed by atoms with E-state index in [2.05, 4.69) is 39.2 Å². The quantitative estimate of drug-likeness (QED) is 0.480. The third kappa shape index (κ3) is 3.32. The van der Waals surface area contributed by atoms with E-state index in [9.17, 15) is 9.59 Å². The summed E-state index contributed by atoms with van der Waals surface area (Å²) in [5.41, 5.74) is 0. The fraction of sp³-hybridized carbons (Fsp3) is 0.833. The lowest BCUT2D eigenvalue weighted by Crippen LogP contribution is -2.62. The molecule has 0 saturated carbocycles. The van der Waals surface area contributed by atoms with E-state index in [1.165, 1.54) is 6.92 Å². The summed E-state index contributed by atoms with van der Waals surface area (Å²) in [7, 11) is -1.87. The summed E-state index contributed by atoms with van der Waals surface area (Å²) < 4.78 is 11.0. The Morgan fingerprint density at radius 1 is 1.39 bits per heavy atom. The molecule has 5 nitrogen and oxygen atoms in total. The summed E-state index contributed by atoms with van der Waals surface area (Å²) >= 11 is 0. The highest BCUT2D eigenvalue weighted by atomic mass is 28.4. The summed E-state index contributed by atoms with van der Waals surface area (Å²) in [6, 6.07) is 0. The fourth-order valence-corrected chi connectivity index (χ4v) is 2.39. The van der Waals surface area contributed by atoms with E-state index < -0.39 is 20.5 Å². The molecule has 1 rings (SSSR count). The molecule has 1 aliphatic rings. The second kappa shape index (κ2) is 5.01. The van der Waals surface area contributed by atoms with Crippen LogP contribution in [0.1, 0.15) is 27.7 Å². The first-order chi connectivity index (χ1) is 8.04. The van der Waals surface area contributed by atoms with Gasteiger partial charge in [-0.1, -0.05) is 20.8 Å². The zero-order chi connectivity index (χ0) is 14.1. The molecular weight excluding hydrogens is 250 g/mol. The molecule has 2 atom stereocenters. The van der Waals surface area contributed by atoms with Gasteiger partial charge in [0, 0.05) is 6.92 Å². The number of β-lactam (4-membered cyclic amide) rings is 1. The van der Waals surface area contributed by atoms with Crippen molar-refractivity contribution in [3.63, 3.8) is 0 Å². The van der Waals surface area contributed by atoms with Gasteiger partial charge in [0.25, 0.3) is 0 Å². The molecule has 0 aromatic rings. The number of esters is 1. The van der Waals surface area contributed by atoms with Crippen LogP contribution in [0, 0.1) is 5.92 Å². The summed E-state index contributed by atoms with van der Waals surface area (Å²) in [5.74, 6) is -0.875. The van der Waals surface area contributed by atoms with Gasteiger partial charge in [0.05, 0.1) is 6.61 Å². The molecule has 18 heavy (non-hydrogen) atoms. The van der Waals surface area contributed by atoms with Crippen molar-refractivity contribution in [2.24, 2.45) is 5.92 Å². The van der Waals surface area contributed by atoms with Gasteiger partial charge in [0.15, 0.2) is 14.5 Å². The topological polar surface area (TPSA) is 64.6 Å². The Morgan fingerprint density at radius 3 is 2.33 bits per heavy atom. The zero-order valence-corrected chi connectivity index (χ0v) is 13.0. The van der Waals surface area contributed by atoms with Crippen LogP contribution in [0.4, 0.5) is 0 Å². The third-order valence-electron chi connectivity index (χ3n) is 3.71. The van der Waals surface area contributed by atoms with E-state index >= 15 is 0 Å². The summed E-state index contributed by atoms with van der Waals surface area (Å²) in [5, 5.41) is 2.65. The van der Waals surface area contributed by atoms with E-state index in [0.29, 0.717) is 6.61 Å². The minimum Gasteiger partial charge on any atom is -0.441 e. The molecule has 1 aliphatic heterocycles. The second-order valence-electron chi connectivity index (χ2n) is 6.22. The third-order valence-corrected chi connectivity index (χ3v) is 8.21. The van der Waals surface area contributed by atoms with Crippen LogP contribution in [-0.4, -0.2) is 33.0 Å². The molecule has 0 bridgehead atoms. The minimum absolute atomic E-state index is 0.101. The first-order valence-electron chi connectivity index (χ1n) is 6.16. The lowest BCUT2D eigenvalue weighted by Gasteiger charge is -2.40. The van der Waals surface area contributed by atoms with Crippen molar-refractivity contribution in [3.8, 4) is 0 Å². The highest BCUT2D eigenvalue weighted by Crippen LogP contribution is 2.37. The van der Waals surface area contributed by atoms with E-state index in [1.807, 2.05) is 0 Å². The molecule has 0 aliphatic carbocycles. The Morgan fingerprint density at radius 2 is 1.94 bits per heavy atom.